The number of rotatable bonds is 5. The fourth-order valence-corrected chi connectivity index (χ4v) is 2.45. The van der Waals surface area contributed by atoms with Gasteiger partial charge in [0.1, 0.15) is 0 Å². The van der Waals surface area contributed by atoms with Crippen LogP contribution >= 0.6 is 11.6 Å². The van der Waals surface area contributed by atoms with E-state index in [4.69, 9.17) is 22.1 Å². The first-order valence-electron chi connectivity index (χ1n) is 6.88. The topological polar surface area (TPSA) is 74.5 Å². The quantitative estimate of drug-likeness (QED) is 0.851. The van der Waals surface area contributed by atoms with E-state index in [9.17, 15) is 4.79 Å². The summed E-state index contributed by atoms with van der Waals surface area (Å²) in [5.41, 5.74) is 1.32. The Hall–Kier alpha value is -2.50. The number of imidazole rings is 1. The molecular weight excluding hydrogens is 300 g/mol. The first-order valence-corrected chi connectivity index (χ1v) is 7.26. The molecule has 6 heteroatoms. The number of benzene rings is 1. The first-order chi connectivity index (χ1) is 10.6. The molecule has 0 bridgehead atoms. The third kappa shape index (κ3) is 3.39. The number of hydrogen-bond donors (Lipinski definition) is 0. The number of hydrogen-bond acceptors (Lipinski definition) is 3. The maximum Gasteiger partial charge on any atom is 0.332 e. The summed E-state index contributed by atoms with van der Waals surface area (Å²) < 4.78 is 3.10. The molecule has 0 N–H and O–H groups in total. The van der Waals surface area contributed by atoms with Gasteiger partial charge in [0.15, 0.2) is 0 Å². The first kappa shape index (κ1) is 15.9. The van der Waals surface area contributed by atoms with Crippen molar-refractivity contribution in [2.24, 2.45) is 5.92 Å². The lowest BCUT2D eigenvalue weighted by Crippen LogP contribution is -2.26. The van der Waals surface area contributed by atoms with Gasteiger partial charge >= 0.3 is 5.69 Å². The molecule has 0 saturated heterocycles. The smallest absolute Gasteiger partial charge is 0.297 e. The molecule has 1 aromatic carbocycles. The van der Waals surface area contributed by atoms with Crippen LogP contribution in [-0.2, 0) is 6.54 Å². The highest BCUT2D eigenvalue weighted by Crippen LogP contribution is 2.15. The normalized spacial score (nSPS) is 11.6. The van der Waals surface area contributed by atoms with E-state index in [1.54, 1.807) is 35.0 Å². The molecule has 1 aromatic heterocycles. The van der Waals surface area contributed by atoms with Crippen LogP contribution in [0, 0.1) is 35.5 Å². The summed E-state index contributed by atoms with van der Waals surface area (Å²) in [6, 6.07) is 11.2. The zero-order chi connectivity index (χ0) is 16.1. The fraction of sp³-hybridized carbons (Fsp3) is 0.312. The molecule has 22 heavy (non-hydrogen) atoms. The van der Waals surface area contributed by atoms with Crippen molar-refractivity contribution in [3.05, 3.63) is 51.7 Å². The molecule has 2 rings (SSSR count). The van der Waals surface area contributed by atoms with Gasteiger partial charge in [0, 0.05) is 29.9 Å². The summed E-state index contributed by atoms with van der Waals surface area (Å²) in [6.45, 7) is 2.13. The minimum Gasteiger partial charge on any atom is -0.297 e. The molecule has 0 spiro atoms. The average Bonchev–Trinajstić information content (AvgIpc) is 2.79. The lowest BCUT2D eigenvalue weighted by Gasteiger charge is -2.07. The van der Waals surface area contributed by atoms with E-state index in [1.165, 1.54) is 4.57 Å². The average molecular weight is 315 g/mol. The maximum atomic E-state index is 12.5. The Bertz CT molecular complexity index is 790. The Morgan fingerprint density at radius 1 is 1.27 bits per heavy atom. The Kier molecular flexibility index (Phi) is 5.04. The molecule has 2 aromatic rings. The van der Waals surface area contributed by atoms with Gasteiger partial charge in [0.05, 0.1) is 23.7 Å². The van der Waals surface area contributed by atoms with Crippen LogP contribution in [-0.4, -0.2) is 9.13 Å². The second-order valence-electron chi connectivity index (χ2n) is 5.04. The molecule has 1 heterocycles. The van der Waals surface area contributed by atoms with E-state index in [0.29, 0.717) is 24.4 Å². The molecule has 0 saturated carbocycles. The van der Waals surface area contributed by atoms with Crippen LogP contribution in [0.15, 0.2) is 35.3 Å². The molecule has 0 amide bonds. The summed E-state index contributed by atoms with van der Waals surface area (Å²) in [5.74, 6) is -0.349. The Morgan fingerprint density at radius 3 is 2.55 bits per heavy atom. The van der Waals surface area contributed by atoms with Crippen molar-refractivity contribution in [2.75, 3.05) is 0 Å². The van der Waals surface area contributed by atoms with E-state index in [2.05, 4.69) is 6.07 Å². The van der Waals surface area contributed by atoms with Crippen LogP contribution in [0.1, 0.15) is 18.5 Å². The van der Waals surface area contributed by atoms with Crippen molar-refractivity contribution < 1.29 is 0 Å². The molecule has 1 unspecified atom stereocenters. The Balaban J connectivity index is 2.32. The largest absolute Gasteiger partial charge is 0.332 e. The summed E-state index contributed by atoms with van der Waals surface area (Å²) in [7, 11) is 0. The van der Waals surface area contributed by atoms with Crippen LogP contribution in [0.4, 0.5) is 0 Å². The molecule has 0 aliphatic carbocycles. The second kappa shape index (κ2) is 6.98. The predicted molar refractivity (Wildman–Crippen MR) is 83.7 cm³/mol. The lowest BCUT2D eigenvalue weighted by molar-refractivity contribution is 0.499. The Labute approximate surface area is 133 Å². The van der Waals surface area contributed by atoms with Gasteiger partial charge in [-0.15, -0.1) is 0 Å². The van der Waals surface area contributed by atoms with Crippen molar-refractivity contribution in [3.8, 4) is 17.8 Å². The lowest BCUT2D eigenvalue weighted by atomic mass is 10.1. The van der Waals surface area contributed by atoms with Gasteiger partial charge in [-0.05, 0) is 37.6 Å². The summed E-state index contributed by atoms with van der Waals surface area (Å²) in [5, 5.41) is 18.3. The van der Waals surface area contributed by atoms with Crippen LogP contribution in [0.5, 0.6) is 0 Å². The van der Waals surface area contributed by atoms with Gasteiger partial charge in [-0.2, -0.15) is 10.5 Å². The third-order valence-corrected chi connectivity index (χ3v) is 3.67. The van der Waals surface area contributed by atoms with Crippen molar-refractivity contribution >= 4 is 11.6 Å². The van der Waals surface area contributed by atoms with E-state index in [1.807, 2.05) is 13.0 Å². The van der Waals surface area contributed by atoms with Gasteiger partial charge < -0.3 is 0 Å². The molecule has 0 aliphatic heterocycles. The summed E-state index contributed by atoms with van der Waals surface area (Å²) in [6.07, 6.45) is 2.50. The number of nitrogens with zero attached hydrogens (tertiary/aromatic N) is 4. The van der Waals surface area contributed by atoms with E-state index >= 15 is 0 Å². The van der Waals surface area contributed by atoms with Crippen LogP contribution in [0.2, 0.25) is 5.02 Å². The van der Waals surface area contributed by atoms with Crippen molar-refractivity contribution in [2.45, 2.75) is 26.3 Å². The molecule has 1 atom stereocenters. The van der Waals surface area contributed by atoms with Gasteiger partial charge in [-0.25, -0.2) is 4.79 Å². The summed E-state index contributed by atoms with van der Waals surface area (Å²) >= 11 is 5.87. The maximum absolute atomic E-state index is 12.5. The fourth-order valence-electron chi connectivity index (χ4n) is 2.33. The van der Waals surface area contributed by atoms with Crippen molar-refractivity contribution in [1.82, 2.24) is 9.13 Å². The zero-order valence-corrected chi connectivity index (χ0v) is 12.9. The molecular formula is C16H15ClN4O. The number of aryl methyl sites for hydroxylation is 1. The highest BCUT2D eigenvalue weighted by Gasteiger charge is 2.14. The highest BCUT2D eigenvalue weighted by atomic mass is 35.5. The molecule has 5 nitrogen and oxygen atoms in total. The number of halogens is 1. The van der Waals surface area contributed by atoms with Gasteiger partial charge in [0.25, 0.3) is 0 Å². The number of aromatic nitrogens is 2. The van der Waals surface area contributed by atoms with E-state index < -0.39 is 0 Å². The van der Waals surface area contributed by atoms with Crippen molar-refractivity contribution in [3.63, 3.8) is 0 Å². The van der Waals surface area contributed by atoms with Gasteiger partial charge in [-0.1, -0.05) is 11.6 Å². The minimum absolute atomic E-state index is 0.197. The van der Waals surface area contributed by atoms with Crippen LogP contribution in [0.3, 0.4) is 0 Å². The van der Waals surface area contributed by atoms with E-state index in [-0.39, 0.29) is 11.6 Å². The molecule has 0 aliphatic rings. The SMILES string of the molecule is Cc1cn(CC(C#N)CCC#N)c(=O)n1-c1ccc(Cl)cc1. The third-order valence-electron chi connectivity index (χ3n) is 3.42. The van der Waals surface area contributed by atoms with E-state index in [0.717, 1.165) is 11.4 Å². The summed E-state index contributed by atoms with van der Waals surface area (Å²) in [4.78, 5) is 12.5. The van der Waals surface area contributed by atoms with Gasteiger partial charge in [-0.3, -0.25) is 9.13 Å². The minimum atomic E-state index is -0.349. The standard InChI is InChI=1S/C16H15ClN4O/c1-12-10-20(11-13(9-19)3-2-8-18)16(22)21(12)15-6-4-14(17)5-7-15/h4-7,10,13H,2-3,11H2,1H3. The molecule has 0 fully saturated rings. The molecule has 0 radical (unpaired) electrons. The number of nitriles is 2. The Morgan fingerprint density at radius 2 is 1.95 bits per heavy atom. The van der Waals surface area contributed by atoms with Crippen LogP contribution in [0.25, 0.3) is 5.69 Å². The van der Waals surface area contributed by atoms with Gasteiger partial charge in [0.2, 0.25) is 0 Å². The zero-order valence-electron chi connectivity index (χ0n) is 12.2. The molecule has 112 valence electrons. The monoisotopic (exact) mass is 314 g/mol. The predicted octanol–water partition coefficient (Wildman–Crippen LogP) is 3.04. The van der Waals surface area contributed by atoms with Crippen molar-refractivity contribution in [1.29, 1.82) is 10.5 Å². The highest BCUT2D eigenvalue weighted by molar-refractivity contribution is 6.30. The van der Waals surface area contributed by atoms with Crippen LogP contribution < -0.4 is 5.69 Å². The second-order valence-corrected chi connectivity index (χ2v) is 5.48.